The maximum atomic E-state index is 11.1. The van der Waals surface area contributed by atoms with Crippen LogP contribution in [0.2, 0.25) is 0 Å². The summed E-state index contributed by atoms with van der Waals surface area (Å²) in [5, 5.41) is 23.6. The molecule has 110 valence electrons. The number of aliphatic hydroxyl groups excluding tert-OH is 1. The van der Waals surface area contributed by atoms with E-state index in [4.69, 9.17) is 5.84 Å². The number of nitrogens with two attached hydrogens (primary N) is 1. The van der Waals surface area contributed by atoms with E-state index in [0.29, 0.717) is 18.2 Å². The molecule has 0 spiro atoms. The van der Waals surface area contributed by atoms with Crippen LogP contribution in [-0.4, -0.2) is 23.2 Å². The number of nitrogens with zero attached hydrogens (tertiary/aromatic N) is 1. The lowest BCUT2D eigenvalue weighted by molar-refractivity contribution is -0.383. The highest BCUT2D eigenvalue weighted by molar-refractivity contribution is 5.75. The average Bonchev–Trinajstić information content (AvgIpc) is 2.91. The fraction of sp³-hybridized carbons (Fsp3) is 0.538. The number of para-hydroxylation sites is 1. The second-order valence-corrected chi connectivity index (χ2v) is 5.12. The number of anilines is 2. The van der Waals surface area contributed by atoms with Gasteiger partial charge in [0.15, 0.2) is 0 Å². The van der Waals surface area contributed by atoms with Gasteiger partial charge in [-0.05, 0) is 36.8 Å². The van der Waals surface area contributed by atoms with Gasteiger partial charge in [-0.2, -0.15) is 0 Å². The predicted octanol–water partition coefficient (Wildman–Crippen LogP) is 1.70. The summed E-state index contributed by atoms with van der Waals surface area (Å²) in [6, 6.07) is 4.94. The zero-order chi connectivity index (χ0) is 14.5. The van der Waals surface area contributed by atoms with E-state index in [2.05, 4.69) is 10.7 Å². The first kappa shape index (κ1) is 14.5. The molecule has 5 N–H and O–H groups in total. The van der Waals surface area contributed by atoms with Crippen LogP contribution in [0, 0.1) is 22.0 Å². The summed E-state index contributed by atoms with van der Waals surface area (Å²) in [7, 11) is 0. The van der Waals surface area contributed by atoms with Gasteiger partial charge in [-0.3, -0.25) is 16.0 Å². The van der Waals surface area contributed by atoms with E-state index in [0.717, 1.165) is 19.3 Å². The van der Waals surface area contributed by atoms with Crippen molar-refractivity contribution in [3.05, 3.63) is 28.3 Å². The van der Waals surface area contributed by atoms with Crippen molar-refractivity contribution in [3.8, 4) is 0 Å². The summed E-state index contributed by atoms with van der Waals surface area (Å²) in [5.74, 6) is 5.95. The molecule has 1 aliphatic carbocycles. The Morgan fingerprint density at radius 2 is 2.05 bits per heavy atom. The first-order valence-corrected chi connectivity index (χ1v) is 6.76. The number of rotatable bonds is 6. The summed E-state index contributed by atoms with van der Waals surface area (Å²) in [6.45, 7) is 0.804. The Balaban J connectivity index is 2.11. The fourth-order valence-corrected chi connectivity index (χ4v) is 2.86. The first-order chi connectivity index (χ1) is 9.67. The molecule has 7 heteroatoms. The van der Waals surface area contributed by atoms with Crippen molar-refractivity contribution in [1.82, 2.24) is 0 Å². The molecule has 1 aliphatic rings. The van der Waals surface area contributed by atoms with Crippen molar-refractivity contribution in [3.63, 3.8) is 0 Å². The third-order valence-corrected chi connectivity index (χ3v) is 3.98. The number of nitrogen functional groups attached to an aromatic ring is 1. The second kappa shape index (κ2) is 6.53. The normalized spacial score (nSPS) is 21.7. The average molecular weight is 280 g/mol. The van der Waals surface area contributed by atoms with Crippen LogP contribution in [-0.2, 0) is 0 Å². The van der Waals surface area contributed by atoms with Crippen molar-refractivity contribution in [2.45, 2.75) is 19.3 Å². The molecule has 0 bridgehead atoms. The van der Waals surface area contributed by atoms with Gasteiger partial charge in [0.25, 0.3) is 0 Å². The van der Waals surface area contributed by atoms with E-state index >= 15 is 0 Å². The largest absolute Gasteiger partial charge is 0.396 e. The molecule has 20 heavy (non-hydrogen) atoms. The van der Waals surface area contributed by atoms with E-state index in [1.165, 1.54) is 0 Å². The van der Waals surface area contributed by atoms with E-state index in [9.17, 15) is 15.2 Å². The van der Waals surface area contributed by atoms with Crippen LogP contribution in [0.1, 0.15) is 19.3 Å². The van der Waals surface area contributed by atoms with Crippen LogP contribution in [0.25, 0.3) is 0 Å². The topological polar surface area (TPSA) is 113 Å². The molecule has 2 rings (SSSR count). The molecule has 0 radical (unpaired) electrons. The van der Waals surface area contributed by atoms with Gasteiger partial charge >= 0.3 is 5.69 Å². The molecular formula is C13H20N4O3. The highest BCUT2D eigenvalue weighted by atomic mass is 16.6. The Labute approximate surface area is 117 Å². The van der Waals surface area contributed by atoms with Crippen LogP contribution in [0.15, 0.2) is 18.2 Å². The van der Waals surface area contributed by atoms with E-state index in [1.807, 2.05) is 0 Å². The molecule has 7 nitrogen and oxygen atoms in total. The molecule has 0 amide bonds. The van der Waals surface area contributed by atoms with Crippen LogP contribution in [0.3, 0.4) is 0 Å². The zero-order valence-corrected chi connectivity index (χ0v) is 11.2. The number of hydrogen-bond donors (Lipinski definition) is 4. The summed E-state index contributed by atoms with van der Waals surface area (Å²) in [6.07, 6.45) is 3.17. The van der Waals surface area contributed by atoms with E-state index in [-0.39, 0.29) is 23.9 Å². The lowest BCUT2D eigenvalue weighted by Crippen LogP contribution is -2.21. The van der Waals surface area contributed by atoms with Crippen LogP contribution < -0.4 is 16.6 Å². The van der Waals surface area contributed by atoms with Crippen LogP contribution >= 0.6 is 0 Å². The van der Waals surface area contributed by atoms with Crippen molar-refractivity contribution in [2.24, 2.45) is 17.7 Å². The van der Waals surface area contributed by atoms with Crippen LogP contribution in [0.5, 0.6) is 0 Å². The molecule has 0 aliphatic heterocycles. The van der Waals surface area contributed by atoms with Gasteiger partial charge in [0.1, 0.15) is 11.4 Å². The number of aliphatic hydroxyl groups is 1. The smallest absolute Gasteiger partial charge is 0.316 e. The molecule has 0 aromatic heterocycles. The van der Waals surface area contributed by atoms with Crippen molar-refractivity contribution in [2.75, 3.05) is 23.9 Å². The van der Waals surface area contributed by atoms with Gasteiger partial charge in [-0.15, -0.1) is 0 Å². The lowest BCUT2D eigenvalue weighted by atomic mass is 9.97. The quantitative estimate of drug-likeness (QED) is 0.358. The maximum absolute atomic E-state index is 11.1. The summed E-state index contributed by atoms with van der Waals surface area (Å²) < 4.78 is 0. The number of nitro groups is 1. The van der Waals surface area contributed by atoms with Gasteiger partial charge in [0.05, 0.1) is 4.92 Å². The van der Waals surface area contributed by atoms with Crippen molar-refractivity contribution >= 4 is 17.1 Å². The minimum absolute atomic E-state index is 0.0476. The third kappa shape index (κ3) is 3.00. The molecule has 2 unspecified atom stereocenters. The summed E-state index contributed by atoms with van der Waals surface area (Å²) >= 11 is 0. The maximum Gasteiger partial charge on any atom is 0.316 e. The van der Waals surface area contributed by atoms with Gasteiger partial charge in [0.2, 0.25) is 0 Å². The van der Waals surface area contributed by atoms with E-state index < -0.39 is 4.92 Å². The highest BCUT2D eigenvalue weighted by Crippen LogP contribution is 2.35. The molecule has 0 saturated heterocycles. The van der Waals surface area contributed by atoms with Gasteiger partial charge < -0.3 is 15.8 Å². The molecule has 0 heterocycles. The molecule has 1 aromatic rings. The monoisotopic (exact) mass is 280 g/mol. The van der Waals surface area contributed by atoms with Gasteiger partial charge in [0, 0.05) is 13.2 Å². The summed E-state index contributed by atoms with van der Waals surface area (Å²) in [5.41, 5.74) is 3.03. The third-order valence-electron chi connectivity index (χ3n) is 3.98. The van der Waals surface area contributed by atoms with Crippen molar-refractivity contribution < 1.29 is 10.0 Å². The Kier molecular flexibility index (Phi) is 4.75. The Bertz CT molecular complexity index is 481. The standard InChI is InChI=1S/C13H20N4O3/c14-16-12-6-2-5-11(13(12)17(19)20)15-7-9-3-1-4-10(9)8-18/h2,5-6,9-10,15-16,18H,1,3-4,7-8,14H2. The molecule has 1 saturated carbocycles. The van der Waals surface area contributed by atoms with Crippen LogP contribution in [0.4, 0.5) is 17.1 Å². The molecule has 2 atom stereocenters. The zero-order valence-electron chi connectivity index (χ0n) is 11.2. The minimum atomic E-state index is -0.449. The highest BCUT2D eigenvalue weighted by Gasteiger charge is 2.27. The Morgan fingerprint density at radius 3 is 2.70 bits per heavy atom. The number of nitrogens with one attached hydrogen (secondary N) is 2. The second-order valence-electron chi connectivity index (χ2n) is 5.12. The van der Waals surface area contributed by atoms with Gasteiger partial charge in [-0.1, -0.05) is 12.5 Å². The first-order valence-electron chi connectivity index (χ1n) is 6.76. The number of hydrogen-bond acceptors (Lipinski definition) is 6. The Hall–Kier alpha value is -1.86. The van der Waals surface area contributed by atoms with Crippen molar-refractivity contribution in [1.29, 1.82) is 0 Å². The predicted molar refractivity (Wildman–Crippen MR) is 77.3 cm³/mol. The fourth-order valence-electron chi connectivity index (χ4n) is 2.86. The number of nitro benzene ring substituents is 1. The molecular weight excluding hydrogens is 260 g/mol. The SMILES string of the molecule is NNc1cccc(NCC2CCCC2CO)c1[N+](=O)[O-]. The van der Waals surface area contributed by atoms with Gasteiger partial charge in [-0.25, -0.2) is 0 Å². The lowest BCUT2D eigenvalue weighted by Gasteiger charge is -2.18. The van der Waals surface area contributed by atoms with E-state index in [1.54, 1.807) is 18.2 Å². The Morgan fingerprint density at radius 1 is 1.35 bits per heavy atom. The number of hydrazine groups is 1. The molecule has 1 aromatic carbocycles. The minimum Gasteiger partial charge on any atom is -0.396 e. The molecule has 1 fully saturated rings. The summed E-state index contributed by atoms with van der Waals surface area (Å²) in [4.78, 5) is 10.7. The number of benzene rings is 1.